The van der Waals surface area contributed by atoms with Gasteiger partial charge in [-0.3, -0.25) is 4.79 Å². The fourth-order valence-corrected chi connectivity index (χ4v) is 1.98. The summed E-state index contributed by atoms with van der Waals surface area (Å²) in [5.74, 6) is 1.05. The van der Waals surface area contributed by atoms with E-state index in [1.54, 1.807) is 0 Å². The van der Waals surface area contributed by atoms with E-state index < -0.39 is 6.03 Å². The van der Waals surface area contributed by atoms with Gasteiger partial charge in [-0.25, -0.2) is 4.79 Å². The Bertz CT molecular complexity index is 250. The fourth-order valence-electron chi connectivity index (χ4n) is 1.98. The normalized spacial score (nSPS) is 12.8. The summed E-state index contributed by atoms with van der Waals surface area (Å²) >= 11 is 0. The van der Waals surface area contributed by atoms with Crippen LogP contribution >= 0.6 is 0 Å². The molecule has 0 aliphatic carbocycles. The molecule has 0 aliphatic heterocycles. The monoisotopic (exact) mass is 242 g/mol. The lowest BCUT2D eigenvalue weighted by Gasteiger charge is -2.19. The summed E-state index contributed by atoms with van der Waals surface area (Å²) in [5, 5.41) is 2.55. The summed E-state index contributed by atoms with van der Waals surface area (Å²) in [4.78, 5) is 22.5. The third kappa shape index (κ3) is 7.77. The summed E-state index contributed by atoms with van der Waals surface area (Å²) in [6.07, 6.45) is 2.56. The maximum atomic E-state index is 12.0. The molecule has 0 aromatic rings. The lowest BCUT2D eigenvalue weighted by Crippen LogP contribution is -2.31. The first-order valence-corrected chi connectivity index (χ1v) is 6.41. The highest BCUT2D eigenvalue weighted by molar-refractivity contribution is 5.82. The quantitative estimate of drug-likeness (QED) is 0.641. The van der Waals surface area contributed by atoms with Gasteiger partial charge in [0.25, 0.3) is 0 Å². The van der Waals surface area contributed by atoms with Crippen molar-refractivity contribution in [3.63, 3.8) is 0 Å². The molecular formula is C13H26N2O2. The van der Waals surface area contributed by atoms with E-state index in [2.05, 4.69) is 19.2 Å². The van der Waals surface area contributed by atoms with Crippen molar-refractivity contribution in [2.24, 2.45) is 23.5 Å². The molecule has 17 heavy (non-hydrogen) atoms. The SMILES string of the molecule is CC(C)CC(CCCNC(N)=O)C(=O)C(C)C. The van der Waals surface area contributed by atoms with Gasteiger partial charge in [0.05, 0.1) is 0 Å². The van der Waals surface area contributed by atoms with Crippen molar-refractivity contribution in [3.8, 4) is 0 Å². The van der Waals surface area contributed by atoms with E-state index in [4.69, 9.17) is 5.73 Å². The van der Waals surface area contributed by atoms with Crippen LogP contribution in [0.3, 0.4) is 0 Å². The largest absolute Gasteiger partial charge is 0.352 e. The lowest BCUT2D eigenvalue weighted by molar-refractivity contribution is -0.126. The molecule has 4 heteroatoms. The average Bonchev–Trinajstić information content (AvgIpc) is 2.20. The van der Waals surface area contributed by atoms with Crippen molar-refractivity contribution in [1.29, 1.82) is 0 Å². The Morgan fingerprint density at radius 2 is 1.76 bits per heavy atom. The number of rotatable bonds is 8. The molecule has 0 rings (SSSR count). The Morgan fingerprint density at radius 1 is 1.18 bits per heavy atom. The smallest absolute Gasteiger partial charge is 0.312 e. The predicted molar refractivity (Wildman–Crippen MR) is 69.6 cm³/mol. The first-order valence-electron chi connectivity index (χ1n) is 6.41. The molecule has 0 radical (unpaired) electrons. The second-order valence-electron chi connectivity index (χ2n) is 5.32. The van der Waals surface area contributed by atoms with Gasteiger partial charge in [-0.2, -0.15) is 0 Å². The first kappa shape index (κ1) is 15.9. The molecule has 0 spiro atoms. The van der Waals surface area contributed by atoms with Crippen molar-refractivity contribution >= 4 is 11.8 Å². The summed E-state index contributed by atoms with van der Waals surface area (Å²) in [7, 11) is 0. The Labute approximate surface area is 104 Å². The number of urea groups is 1. The van der Waals surface area contributed by atoms with E-state index in [1.165, 1.54) is 0 Å². The van der Waals surface area contributed by atoms with E-state index in [1.807, 2.05) is 13.8 Å². The van der Waals surface area contributed by atoms with Gasteiger partial charge in [0.2, 0.25) is 0 Å². The van der Waals surface area contributed by atoms with Gasteiger partial charge in [-0.05, 0) is 25.2 Å². The minimum Gasteiger partial charge on any atom is -0.352 e. The number of primary amides is 1. The average molecular weight is 242 g/mol. The Kier molecular flexibility index (Phi) is 7.59. The van der Waals surface area contributed by atoms with Crippen molar-refractivity contribution in [3.05, 3.63) is 0 Å². The van der Waals surface area contributed by atoms with Crippen LogP contribution in [0, 0.1) is 17.8 Å². The van der Waals surface area contributed by atoms with Crippen molar-refractivity contribution < 1.29 is 9.59 Å². The van der Waals surface area contributed by atoms with Crippen LogP contribution in [0.15, 0.2) is 0 Å². The predicted octanol–water partition coefficient (Wildman–Crippen LogP) is 2.32. The van der Waals surface area contributed by atoms with Crippen LogP contribution in [-0.4, -0.2) is 18.4 Å². The molecule has 0 heterocycles. The summed E-state index contributed by atoms with van der Waals surface area (Å²) in [6.45, 7) is 8.69. The van der Waals surface area contributed by atoms with Gasteiger partial charge < -0.3 is 11.1 Å². The van der Waals surface area contributed by atoms with Crippen LogP contribution in [0.1, 0.15) is 47.0 Å². The Morgan fingerprint density at radius 3 is 2.18 bits per heavy atom. The maximum absolute atomic E-state index is 12.0. The van der Waals surface area contributed by atoms with Gasteiger partial charge in [0, 0.05) is 18.4 Å². The number of nitrogens with one attached hydrogen (secondary N) is 1. The standard InChI is InChI=1S/C13H26N2O2/c1-9(2)8-11(12(16)10(3)4)6-5-7-15-13(14)17/h9-11H,5-8H2,1-4H3,(H3,14,15,17). The van der Waals surface area contributed by atoms with E-state index in [9.17, 15) is 9.59 Å². The third-order valence-electron chi connectivity index (χ3n) is 2.76. The van der Waals surface area contributed by atoms with E-state index >= 15 is 0 Å². The molecule has 100 valence electrons. The first-order chi connectivity index (χ1) is 7.84. The van der Waals surface area contributed by atoms with Crippen molar-refractivity contribution in [2.45, 2.75) is 47.0 Å². The van der Waals surface area contributed by atoms with E-state index in [0.29, 0.717) is 18.2 Å². The van der Waals surface area contributed by atoms with Gasteiger partial charge in [-0.1, -0.05) is 27.7 Å². The minimum absolute atomic E-state index is 0.0860. The van der Waals surface area contributed by atoms with Crippen LogP contribution in [0.25, 0.3) is 0 Å². The van der Waals surface area contributed by atoms with Crippen LogP contribution < -0.4 is 11.1 Å². The van der Waals surface area contributed by atoms with Crippen LogP contribution in [-0.2, 0) is 4.79 Å². The number of Topliss-reactive ketones (excluding diaryl/α,β-unsaturated/α-hetero) is 1. The number of carbonyl (C=O) groups is 2. The van der Waals surface area contributed by atoms with E-state index in [-0.39, 0.29) is 11.8 Å². The van der Waals surface area contributed by atoms with E-state index in [0.717, 1.165) is 19.3 Å². The fraction of sp³-hybridized carbons (Fsp3) is 0.846. The molecule has 0 saturated heterocycles. The van der Waals surface area contributed by atoms with Crippen molar-refractivity contribution in [1.82, 2.24) is 5.32 Å². The number of nitrogens with two attached hydrogens (primary N) is 1. The van der Waals surface area contributed by atoms with Crippen LogP contribution in [0.4, 0.5) is 4.79 Å². The molecule has 0 saturated carbocycles. The molecule has 2 amide bonds. The van der Waals surface area contributed by atoms with Gasteiger partial charge >= 0.3 is 6.03 Å². The maximum Gasteiger partial charge on any atom is 0.312 e. The summed E-state index contributed by atoms with van der Waals surface area (Å²) < 4.78 is 0. The minimum atomic E-state index is -0.499. The zero-order valence-electron chi connectivity index (χ0n) is 11.5. The van der Waals surface area contributed by atoms with Gasteiger partial charge in [-0.15, -0.1) is 0 Å². The number of ketones is 1. The lowest BCUT2D eigenvalue weighted by atomic mass is 9.85. The molecule has 4 nitrogen and oxygen atoms in total. The highest BCUT2D eigenvalue weighted by Crippen LogP contribution is 2.21. The topological polar surface area (TPSA) is 72.2 Å². The van der Waals surface area contributed by atoms with Crippen molar-refractivity contribution in [2.75, 3.05) is 6.54 Å². The second-order valence-corrected chi connectivity index (χ2v) is 5.32. The molecule has 1 unspecified atom stereocenters. The zero-order valence-corrected chi connectivity index (χ0v) is 11.5. The molecule has 0 aliphatic rings. The molecule has 0 bridgehead atoms. The van der Waals surface area contributed by atoms with Gasteiger partial charge in [0.1, 0.15) is 5.78 Å². The highest BCUT2D eigenvalue weighted by Gasteiger charge is 2.21. The zero-order chi connectivity index (χ0) is 13.4. The summed E-state index contributed by atoms with van der Waals surface area (Å²) in [6, 6.07) is -0.499. The molecule has 0 fully saturated rings. The number of hydrogen-bond donors (Lipinski definition) is 2. The highest BCUT2D eigenvalue weighted by atomic mass is 16.2. The Hall–Kier alpha value is -1.06. The third-order valence-corrected chi connectivity index (χ3v) is 2.76. The molecule has 1 atom stereocenters. The molecule has 3 N–H and O–H groups in total. The number of carbonyl (C=O) groups excluding carboxylic acids is 2. The summed E-state index contributed by atoms with van der Waals surface area (Å²) in [5.41, 5.74) is 4.98. The van der Waals surface area contributed by atoms with Crippen LogP contribution in [0.5, 0.6) is 0 Å². The number of amides is 2. The molecular weight excluding hydrogens is 216 g/mol. The molecule has 0 aromatic heterocycles. The molecule has 0 aromatic carbocycles. The number of hydrogen-bond acceptors (Lipinski definition) is 2. The second kappa shape index (κ2) is 8.09. The van der Waals surface area contributed by atoms with Gasteiger partial charge in [0.15, 0.2) is 0 Å². The Balaban J connectivity index is 4.11. The van der Waals surface area contributed by atoms with Crippen LogP contribution in [0.2, 0.25) is 0 Å².